The molecule has 1 aliphatic rings. The minimum absolute atomic E-state index is 0.0531. The van der Waals surface area contributed by atoms with E-state index in [0.29, 0.717) is 25.1 Å². The van der Waals surface area contributed by atoms with Gasteiger partial charge in [-0.25, -0.2) is 9.59 Å². The molecule has 1 unspecified atom stereocenters. The molecule has 2 N–H and O–H groups in total. The predicted octanol–water partition coefficient (Wildman–Crippen LogP) is 4.39. The van der Waals surface area contributed by atoms with E-state index in [0.717, 1.165) is 22.3 Å². The predicted molar refractivity (Wildman–Crippen MR) is 104 cm³/mol. The van der Waals surface area contributed by atoms with Gasteiger partial charge in [-0.15, -0.1) is 11.6 Å². The van der Waals surface area contributed by atoms with E-state index in [9.17, 15) is 14.7 Å². The van der Waals surface area contributed by atoms with Crippen LogP contribution in [-0.2, 0) is 9.53 Å². The molecule has 0 spiro atoms. The van der Waals surface area contributed by atoms with Gasteiger partial charge in [-0.3, -0.25) is 0 Å². The molecule has 0 fully saturated rings. The molecular weight excluding hydrogens is 366 g/mol. The zero-order chi connectivity index (χ0) is 19.2. The maximum atomic E-state index is 12.1. The van der Waals surface area contributed by atoms with E-state index in [1.807, 2.05) is 36.4 Å². The van der Waals surface area contributed by atoms with E-state index in [1.165, 1.54) is 0 Å². The van der Waals surface area contributed by atoms with E-state index in [2.05, 4.69) is 17.4 Å². The third kappa shape index (κ3) is 4.42. The molecule has 0 saturated carbocycles. The summed E-state index contributed by atoms with van der Waals surface area (Å²) in [4.78, 5) is 23.5. The quantitative estimate of drug-likeness (QED) is 0.520. The van der Waals surface area contributed by atoms with E-state index in [-0.39, 0.29) is 12.5 Å². The van der Waals surface area contributed by atoms with Gasteiger partial charge >= 0.3 is 12.1 Å². The lowest BCUT2D eigenvalue weighted by atomic mass is 9.98. The summed E-state index contributed by atoms with van der Waals surface area (Å²) < 4.78 is 5.39. The first-order valence-corrected chi connectivity index (χ1v) is 9.55. The Morgan fingerprint density at radius 3 is 2.19 bits per heavy atom. The number of carboxylic acids is 1. The van der Waals surface area contributed by atoms with Crippen molar-refractivity contribution in [1.82, 2.24) is 5.32 Å². The van der Waals surface area contributed by atoms with Crippen LogP contribution in [0.2, 0.25) is 0 Å². The van der Waals surface area contributed by atoms with Gasteiger partial charge in [0.25, 0.3) is 0 Å². The summed E-state index contributed by atoms with van der Waals surface area (Å²) in [5.74, 6) is -0.655. The molecule has 6 heteroatoms. The van der Waals surface area contributed by atoms with Gasteiger partial charge in [-0.1, -0.05) is 48.5 Å². The molecule has 0 heterocycles. The molecule has 2 aromatic rings. The maximum absolute atomic E-state index is 12.1. The molecule has 2 aromatic carbocycles. The van der Waals surface area contributed by atoms with Crippen molar-refractivity contribution in [2.24, 2.45) is 0 Å². The number of fused-ring (bicyclic) bond motifs is 3. The average molecular weight is 388 g/mol. The number of hydrogen-bond donors (Lipinski definition) is 2. The first-order valence-electron chi connectivity index (χ1n) is 9.02. The lowest BCUT2D eigenvalue weighted by molar-refractivity contribution is -0.139. The minimum atomic E-state index is -1.07. The summed E-state index contributed by atoms with van der Waals surface area (Å²) in [6.45, 7) is 0.161. The number of amides is 1. The number of carbonyl (C=O) groups is 2. The van der Waals surface area contributed by atoms with Crippen LogP contribution in [0.25, 0.3) is 11.1 Å². The number of hydrogen-bond acceptors (Lipinski definition) is 3. The standard InChI is InChI=1S/C21H22ClNO4/c22-12-6-5-11-19(20(24)25)23-21(26)27-13-18-16-9-3-1-7-14(16)15-8-2-4-10-17(15)18/h1-4,7-10,18-19H,5-6,11-13H2,(H,23,26)(H,24,25). The summed E-state index contributed by atoms with van der Waals surface area (Å²) in [6, 6.07) is 15.1. The number of ether oxygens (including phenoxy) is 1. The first kappa shape index (κ1) is 19.2. The topological polar surface area (TPSA) is 75.6 Å². The number of unbranched alkanes of at least 4 members (excludes halogenated alkanes) is 1. The third-order valence-corrected chi connectivity index (χ3v) is 5.08. The molecule has 0 saturated heterocycles. The van der Waals surface area contributed by atoms with Gasteiger partial charge in [0.2, 0.25) is 0 Å². The summed E-state index contributed by atoms with van der Waals surface area (Å²) in [6.07, 6.45) is 0.948. The molecule has 142 valence electrons. The van der Waals surface area contributed by atoms with Gasteiger partial charge in [0.1, 0.15) is 12.6 Å². The van der Waals surface area contributed by atoms with Crippen LogP contribution in [-0.4, -0.2) is 35.7 Å². The zero-order valence-corrected chi connectivity index (χ0v) is 15.6. The zero-order valence-electron chi connectivity index (χ0n) is 14.9. The van der Waals surface area contributed by atoms with Gasteiger partial charge in [-0.05, 0) is 41.5 Å². The average Bonchev–Trinajstić information content (AvgIpc) is 2.99. The smallest absolute Gasteiger partial charge is 0.407 e. The molecule has 3 rings (SSSR count). The number of rotatable bonds is 8. The lowest BCUT2D eigenvalue weighted by Crippen LogP contribution is -2.41. The monoisotopic (exact) mass is 387 g/mol. The first-order chi connectivity index (χ1) is 13.1. The van der Waals surface area contributed by atoms with Crippen LogP contribution in [0.1, 0.15) is 36.3 Å². The second-order valence-electron chi connectivity index (χ2n) is 6.55. The number of carboxylic acid groups (broad SMARTS) is 1. The van der Waals surface area contributed by atoms with Gasteiger partial charge in [0.05, 0.1) is 0 Å². The Labute approximate surface area is 163 Å². The largest absolute Gasteiger partial charge is 0.480 e. The number of alkyl halides is 1. The summed E-state index contributed by atoms with van der Waals surface area (Å²) in [5.41, 5.74) is 4.52. The number of nitrogens with one attached hydrogen (secondary N) is 1. The Kier molecular flexibility index (Phi) is 6.35. The fourth-order valence-corrected chi connectivity index (χ4v) is 3.67. The second kappa shape index (κ2) is 8.91. The van der Waals surface area contributed by atoms with Crippen molar-refractivity contribution in [2.75, 3.05) is 12.5 Å². The van der Waals surface area contributed by atoms with Gasteiger partial charge in [-0.2, -0.15) is 0 Å². The third-order valence-electron chi connectivity index (χ3n) is 4.81. The highest BCUT2D eigenvalue weighted by molar-refractivity contribution is 6.17. The number of aliphatic carboxylic acids is 1. The van der Waals surface area contributed by atoms with Crippen LogP contribution in [0.15, 0.2) is 48.5 Å². The Hall–Kier alpha value is -2.53. The van der Waals surface area contributed by atoms with Gasteiger partial charge in [0, 0.05) is 11.8 Å². The molecular formula is C21H22ClNO4. The van der Waals surface area contributed by atoms with Crippen molar-refractivity contribution in [2.45, 2.75) is 31.2 Å². The van der Waals surface area contributed by atoms with E-state index in [1.54, 1.807) is 0 Å². The van der Waals surface area contributed by atoms with Crippen molar-refractivity contribution in [3.8, 4) is 11.1 Å². The molecule has 1 atom stereocenters. The molecule has 0 bridgehead atoms. The van der Waals surface area contributed by atoms with Crippen LogP contribution >= 0.6 is 11.6 Å². The molecule has 0 aliphatic heterocycles. The fourth-order valence-electron chi connectivity index (χ4n) is 3.48. The van der Waals surface area contributed by atoms with E-state index >= 15 is 0 Å². The molecule has 5 nitrogen and oxygen atoms in total. The summed E-state index contributed by atoms with van der Waals surface area (Å²) >= 11 is 5.62. The minimum Gasteiger partial charge on any atom is -0.480 e. The Morgan fingerprint density at radius 1 is 1.04 bits per heavy atom. The summed E-state index contributed by atoms with van der Waals surface area (Å²) in [7, 11) is 0. The molecule has 1 amide bonds. The number of halogens is 1. The van der Waals surface area contributed by atoms with Crippen LogP contribution < -0.4 is 5.32 Å². The lowest BCUT2D eigenvalue weighted by Gasteiger charge is -2.17. The Balaban J connectivity index is 1.64. The van der Waals surface area contributed by atoms with Crippen molar-refractivity contribution in [1.29, 1.82) is 0 Å². The molecule has 0 radical (unpaired) electrons. The Bertz CT molecular complexity index is 778. The molecule has 1 aliphatic carbocycles. The Morgan fingerprint density at radius 2 is 1.63 bits per heavy atom. The second-order valence-corrected chi connectivity index (χ2v) is 6.92. The van der Waals surface area contributed by atoms with Crippen LogP contribution in [0, 0.1) is 0 Å². The maximum Gasteiger partial charge on any atom is 0.407 e. The van der Waals surface area contributed by atoms with Crippen molar-refractivity contribution < 1.29 is 19.4 Å². The molecule has 0 aromatic heterocycles. The van der Waals surface area contributed by atoms with E-state index < -0.39 is 18.1 Å². The highest BCUT2D eigenvalue weighted by Crippen LogP contribution is 2.44. The highest BCUT2D eigenvalue weighted by Gasteiger charge is 2.29. The van der Waals surface area contributed by atoms with Crippen molar-refractivity contribution in [3.05, 3.63) is 59.7 Å². The van der Waals surface area contributed by atoms with Crippen LogP contribution in [0.3, 0.4) is 0 Å². The SMILES string of the molecule is O=C(NC(CCCCCl)C(=O)O)OCC1c2ccccc2-c2ccccc21. The number of benzene rings is 2. The summed E-state index contributed by atoms with van der Waals surface area (Å²) in [5, 5.41) is 11.7. The number of carbonyl (C=O) groups excluding carboxylic acids is 1. The highest BCUT2D eigenvalue weighted by atomic mass is 35.5. The van der Waals surface area contributed by atoms with E-state index in [4.69, 9.17) is 16.3 Å². The van der Waals surface area contributed by atoms with Gasteiger partial charge in [0.15, 0.2) is 0 Å². The van der Waals surface area contributed by atoms with Crippen molar-refractivity contribution in [3.63, 3.8) is 0 Å². The molecule has 27 heavy (non-hydrogen) atoms. The van der Waals surface area contributed by atoms with Crippen LogP contribution in [0.5, 0.6) is 0 Å². The van der Waals surface area contributed by atoms with Crippen LogP contribution in [0.4, 0.5) is 4.79 Å². The number of alkyl carbamates (subject to hydrolysis) is 1. The van der Waals surface area contributed by atoms with Gasteiger partial charge < -0.3 is 15.2 Å². The van der Waals surface area contributed by atoms with Crippen molar-refractivity contribution >= 4 is 23.7 Å². The fraction of sp³-hybridized carbons (Fsp3) is 0.333. The normalized spacial score (nSPS) is 13.5.